The molecule has 0 spiro atoms. The van der Waals surface area contributed by atoms with Crippen molar-refractivity contribution in [1.82, 2.24) is 0 Å². The number of nitrogens with zero attached hydrogens (tertiary/aromatic N) is 1. The minimum atomic E-state index is -0.492. The summed E-state index contributed by atoms with van der Waals surface area (Å²) in [6, 6.07) is 28.9. The number of nitriles is 1. The fourth-order valence-electron chi connectivity index (χ4n) is 3.64. The number of amides is 1. The van der Waals surface area contributed by atoms with Gasteiger partial charge in [0, 0.05) is 4.47 Å². The van der Waals surface area contributed by atoms with Gasteiger partial charge in [-0.1, -0.05) is 60.7 Å². The maximum atomic E-state index is 12.7. The Morgan fingerprint density at radius 1 is 0.971 bits per heavy atom. The highest BCUT2D eigenvalue weighted by atomic mass is 79.9. The maximum absolute atomic E-state index is 12.7. The molecule has 1 N–H and O–H groups in total. The van der Waals surface area contributed by atoms with Crippen molar-refractivity contribution in [2.24, 2.45) is 0 Å². The van der Waals surface area contributed by atoms with E-state index in [0.717, 1.165) is 20.8 Å². The Kier molecular flexibility index (Phi) is 7.81. The van der Waals surface area contributed by atoms with E-state index in [9.17, 15) is 10.1 Å². The largest absolute Gasteiger partial charge is 0.490 e. The Morgan fingerprint density at radius 3 is 2.54 bits per heavy atom. The van der Waals surface area contributed by atoms with Crippen LogP contribution in [0.2, 0.25) is 0 Å². The quantitative estimate of drug-likeness (QED) is 0.196. The molecular formula is C29H23BrN2O3. The van der Waals surface area contributed by atoms with Crippen LogP contribution in [0.4, 0.5) is 5.69 Å². The Balaban J connectivity index is 1.55. The number of hydrogen-bond acceptors (Lipinski definition) is 4. The fourth-order valence-corrected chi connectivity index (χ4v) is 4.03. The molecule has 6 heteroatoms. The lowest BCUT2D eigenvalue weighted by Gasteiger charge is -2.14. The number of benzene rings is 4. The summed E-state index contributed by atoms with van der Waals surface area (Å²) in [5.41, 5.74) is 2.30. The third-order valence-corrected chi connectivity index (χ3v) is 6.02. The summed E-state index contributed by atoms with van der Waals surface area (Å²) in [7, 11) is 0. The molecule has 0 aliphatic carbocycles. The second kappa shape index (κ2) is 11.4. The highest BCUT2D eigenvalue weighted by Crippen LogP contribution is 2.31. The fraction of sp³-hybridized carbons (Fsp3) is 0.103. The van der Waals surface area contributed by atoms with Crippen LogP contribution in [0.5, 0.6) is 11.5 Å². The Morgan fingerprint density at radius 2 is 1.74 bits per heavy atom. The minimum absolute atomic E-state index is 0.0207. The number of carbonyl (C=O) groups is 1. The molecule has 1 amide bonds. The van der Waals surface area contributed by atoms with E-state index in [2.05, 4.69) is 39.4 Å². The number of fused-ring (bicyclic) bond motifs is 1. The van der Waals surface area contributed by atoms with Gasteiger partial charge in [0.2, 0.25) is 0 Å². The molecule has 0 saturated heterocycles. The SMILES string of the molecule is CCOc1cc(/C=C(\C#N)C(=O)Nc2ccccc2Br)ccc1OCc1cccc2ccccc12. The van der Waals surface area contributed by atoms with Gasteiger partial charge in [0.15, 0.2) is 11.5 Å². The van der Waals surface area contributed by atoms with Crippen molar-refractivity contribution in [2.75, 3.05) is 11.9 Å². The van der Waals surface area contributed by atoms with Gasteiger partial charge in [-0.05, 0) is 75.1 Å². The smallest absolute Gasteiger partial charge is 0.266 e. The topological polar surface area (TPSA) is 71.3 Å². The normalized spacial score (nSPS) is 11.1. The summed E-state index contributed by atoms with van der Waals surface area (Å²) in [5, 5.41) is 14.6. The molecule has 0 aromatic heterocycles. The first-order valence-electron chi connectivity index (χ1n) is 11.1. The van der Waals surface area contributed by atoms with Crippen molar-refractivity contribution in [2.45, 2.75) is 13.5 Å². The van der Waals surface area contributed by atoms with Crippen LogP contribution in [0.15, 0.2) is 95.0 Å². The van der Waals surface area contributed by atoms with Crippen molar-refractivity contribution >= 4 is 44.4 Å². The number of carbonyl (C=O) groups excluding carboxylic acids is 1. The zero-order chi connectivity index (χ0) is 24.6. The average Bonchev–Trinajstić information content (AvgIpc) is 2.88. The van der Waals surface area contributed by atoms with Crippen LogP contribution in [-0.4, -0.2) is 12.5 Å². The molecule has 4 aromatic carbocycles. The van der Waals surface area contributed by atoms with E-state index in [0.29, 0.717) is 36.0 Å². The summed E-state index contributed by atoms with van der Waals surface area (Å²) in [4.78, 5) is 12.7. The van der Waals surface area contributed by atoms with Gasteiger partial charge in [-0.15, -0.1) is 0 Å². The highest BCUT2D eigenvalue weighted by molar-refractivity contribution is 9.10. The van der Waals surface area contributed by atoms with E-state index < -0.39 is 5.91 Å². The molecule has 0 fully saturated rings. The molecule has 0 bridgehead atoms. The molecule has 0 aliphatic rings. The number of para-hydroxylation sites is 1. The van der Waals surface area contributed by atoms with E-state index >= 15 is 0 Å². The molecule has 0 radical (unpaired) electrons. The number of hydrogen-bond donors (Lipinski definition) is 1. The molecular weight excluding hydrogens is 504 g/mol. The van der Waals surface area contributed by atoms with E-state index in [4.69, 9.17) is 9.47 Å². The van der Waals surface area contributed by atoms with Crippen molar-refractivity contribution in [3.05, 3.63) is 106 Å². The monoisotopic (exact) mass is 526 g/mol. The van der Waals surface area contributed by atoms with Gasteiger partial charge in [-0.3, -0.25) is 4.79 Å². The summed E-state index contributed by atoms with van der Waals surface area (Å²) < 4.78 is 12.6. The van der Waals surface area contributed by atoms with Gasteiger partial charge in [-0.2, -0.15) is 5.26 Å². The number of halogens is 1. The van der Waals surface area contributed by atoms with E-state index in [1.165, 1.54) is 6.08 Å². The van der Waals surface area contributed by atoms with Crippen molar-refractivity contribution in [3.8, 4) is 17.6 Å². The zero-order valence-corrected chi connectivity index (χ0v) is 20.7. The van der Waals surface area contributed by atoms with Gasteiger partial charge in [-0.25, -0.2) is 0 Å². The third kappa shape index (κ3) is 5.89. The van der Waals surface area contributed by atoms with Crippen LogP contribution in [-0.2, 0) is 11.4 Å². The third-order valence-electron chi connectivity index (χ3n) is 5.33. The molecule has 0 unspecified atom stereocenters. The van der Waals surface area contributed by atoms with E-state index in [1.54, 1.807) is 24.3 Å². The van der Waals surface area contributed by atoms with Crippen LogP contribution in [0.25, 0.3) is 16.8 Å². The standard InChI is InChI=1S/C29H23BrN2O3/c1-2-34-28-17-20(16-23(18-31)29(33)32-26-13-6-5-12-25(26)30)14-15-27(28)35-19-22-10-7-9-21-8-3-4-11-24(21)22/h3-17H,2,19H2,1H3,(H,32,33)/b23-16+. The highest BCUT2D eigenvalue weighted by Gasteiger charge is 2.13. The molecule has 35 heavy (non-hydrogen) atoms. The predicted octanol–water partition coefficient (Wildman–Crippen LogP) is 7.13. The Bertz CT molecular complexity index is 1430. The lowest BCUT2D eigenvalue weighted by atomic mass is 10.1. The summed E-state index contributed by atoms with van der Waals surface area (Å²) >= 11 is 3.39. The van der Waals surface area contributed by atoms with Crippen LogP contribution in [0.1, 0.15) is 18.1 Å². The van der Waals surface area contributed by atoms with Gasteiger partial charge in [0.25, 0.3) is 5.91 Å². The van der Waals surface area contributed by atoms with E-state index in [1.807, 2.05) is 55.5 Å². The zero-order valence-electron chi connectivity index (χ0n) is 19.1. The number of ether oxygens (including phenoxy) is 2. The van der Waals surface area contributed by atoms with Gasteiger partial charge >= 0.3 is 0 Å². The molecule has 0 atom stereocenters. The van der Waals surface area contributed by atoms with Crippen LogP contribution in [0, 0.1) is 11.3 Å². The molecule has 0 aliphatic heterocycles. The second-order valence-corrected chi connectivity index (χ2v) is 8.52. The molecule has 174 valence electrons. The Labute approximate surface area is 212 Å². The van der Waals surface area contributed by atoms with Crippen molar-refractivity contribution in [3.63, 3.8) is 0 Å². The second-order valence-electron chi connectivity index (χ2n) is 7.67. The lowest BCUT2D eigenvalue weighted by molar-refractivity contribution is -0.112. The summed E-state index contributed by atoms with van der Waals surface area (Å²) in [6.07, 6.45) is 1.53. The van der Waals surface area contributed by atoms with E-state index in [-0.39, 0.29) is 5.57 Å². The van der Waals surface area contributed by atoms with Crippen molar-refractivity contribution in [1.29, 1.82) is 5.26 Å². The molecule has 0 saturated carbocycles. The molecule has 5 nitrogen and oxygen atoms in total. The predicted molar refractivity (Wildman–Crippen MR) is 142 cm³/mol. The number of anilines is 1. The van der Waals surface area contributed by atoms with Gasteiger partial charge in [0.05, 0.1) is 12.3 Å². The van der Waals surface area contributed by atoms with Crippen LogP contribution < -0.4 is 14.8 Å². The number of rotatable bonds is 8. The summed E-state index contributed by atoms with van der Waals surface area (Å²) in [6.45, 7) is 2.72. The summed E-state index contributed by atoms with van der Waals surface area (Å²) in [5.74, 6) is 0.645. The number of nitrogens with one attached hydrogen (secondary N) is 1. The average molecular weight is 527 g/mol. The maximum Gasteiger partial charge on any atom is 0.266 e. The molecule has 4 aromatic rings. The lowest BCUT2D eigenvalue weighted by Crippen LogP contribution is -2.13. The Hall–Kier alpha value is -4.08. The van der Waals surface area contributed by atoms with Gasteiger partial charge in [0.1, 0.15) is 18.2 Å². The van der Waals surface area contributed by atoms with Crippen LogP contribution in [0.3, 0.4) is 0 Å². The first kappa shape index (κ1) is 24.1. The van der Waals surface area contributed by atoms with Crippen LogP contribution >= 0.6 is 15.9 Å². The first-order chi connectivity index (χ1) is 17.1. The van der Waals surface area contributed by atoms with Gasteiger partial charge < -0.3 is 14.8 Å². The first-order valence-corrected chi connectivity index (χ1v) is 11.9. The molecule has 0 heterocycles. The minimum Gasteiger partial charge on any atom is -0.490 e. The van der Waals surface area contributed by atoms with Crippen molar-refractivity contribution < 1.29 is 14.3 Å². The molecule has 4 rings (SSSR count).